The van der Waals surface area contributed by atoms with Crippen LogP contribution in [-0.4, -0.2) is 129 Å². The highest BCUT2D eigenvalue weighted by Crippen LogP contribution is 2.39. The maximum atomic E-state index is 12.9. The van der Waals surface area contributed by atoms with Crippen molar-refractivity contribution in [3.05, 3.63) is 23.8 Å². The van der Waals surface area contributed by atoms with Gasteiger partial charge in [-0.05, 0) is 18.4 Å². The van der Waals surface area contributed by atoms with E-state index in [-0.39, 0.29) is 24.5 Å². The molecule has 364 valence electrons. The lowest BCUT2D eigenvalue weighted by Crippen LogP contribution is -2.67. The molecule has 2 fully saturated rings. The molecule has 3 rings (SSSR count). The zero-order valence-corrected chi connectivity index (χ0v) is 38.5. The number of hydrogen-bond donors (Lipinski definition) is 0. The van der Waals surface area contributed by atoms with E-state index in [9.17, 15) is 38.4 Å². The summed E-state index contributed by atoms with van der Waals surface area (Å²) in [6.07, 6.45) is -11.8. The molecular weight excluding hydrogens is 864 g/mol. The molecule has 10 unspecified atom stereocenters. The number of benzene rings is 1. The minimum Gasteiger partial charge on any atom is -0.493 e. The molecule has 0 N–H and O–H groups in total. The molecule has 2 aliphatic heterocycles. The number of hydrogen-bond acceptors (Lipinski definition) is 21. The molecule has 1 aromatic carbocycles. The summed E-state index contributed by atoms with van der Waals surface area (Å²) in [4.78, 5) is 100. The highest BCUT2D eigenvalue weighted by molar-refractivity contribution is 5.70. The van der Waals surface area contributed by atoms with Crippen molar-refractivity contribution in [2.24, 2.45) is 5.92 Å². The molecule has 21 nitrogen and oxygen atoms in total. The average Bonchev–Trinajstić information content (AvgIpc) is 3.20. The molecule has 0 aromatic heterocycles. The van der Waals surface area contributed by atoms with E-state index in [2.05, 4.69) is 13.8 Å². The van der Waals surface area contributed by atoms with Gasteiger partial charge in [0.1, 0.15) is 38.1 Å². The second-order valence-electron chi connectivity index (χ2n) is 15.7. The van der Waals surface area contributed by atoms with Crippen molar-refractivity contribution < 1.29 is 99.9 Å². The van der Waals surface area contributed by atoms with Gasteiger partial charge in [-0.15, -0.1) is 0 Å². The zero-order chi connectivity index (χ0) is 48.4. The Morgan fingerprint density at radius 3 is 1.55 bits per heavy atom. The third-order valence-electron chi connectivity index (χ3n) is 9.70. The fraction of sp³-hybridized carbons (Fsp3) is 0.682. The standard InChI is InChI=1S/C44H62O21/c1-23(2)16-13-11-12-14-19-35(52)56-20-31-17-15-18-32(53-10)36(31)64-43-42(61-30(9)51)40(59-28(7)49)38(34(63-43)22-55-25(4)46)65-44-41(60-29(8)50)39(58-27(6)48)37(57-26(5)47)33(62-44)21-54-24(3)45/h15,17-18,23,33-34,37-44H,11-14,16,19-22H2,1-10H3. The van der Waals surface area contributed by atoms with Crippen molar-refractivity contribution in [1.29, 1.82) is 0 Å². The molecule has 21 heteroatoms. The fourth-order valence-corrected chi connectivity index (χ4v) is 7.06. The molecule has 10 atom stereocenters. The molecule has 0 radical (unpaired) electrons. The average molecular weight is 927 g/mol. The van der Waals surface area contributed by atoms with Crippen LogP contribution in [0.1, 0.15) is 106 Å². The number of para-hydroxylation sites is 1. The summed E-state index contributed by atoms with van der Waals surface area (Å²) in [5.41, 5.74) is 0.302. The van der Waals surface area contributed by atoms with Crippen molar-refractivity contribution in [3.63, 3.8) is 0 Å². The van der Waals surface area contributed by atoms with Gasteiger partial charge in [0, 0.05) is 60.5 Å². The van der Waals surface area contributed by atoms with Crippen LogP contribution in [-0.2, 0) is 97.1 Å². The topological polar surface area (TPSA) is 257 Å². The van der Waals surface area contributed by atoms with Crippen LogP contribution in [0.5, 0.6) is 11.5 Å². The summed E-state index contributed by atoms with van der Waals surface area (Å²) in [6.45, 7) is 10.2. The van der Waals surface area contributed by atoms with Gasteiger partial charge in [0.2, 0.25) is 12.4 Å². The van der Waals surface area contributed by atoms with Gasteiger partial charge in [0.25, 0.3) is 0 Å². The van der Waals surface area contributed by atoms with Gasteiger partial charge >= 0.3 is 47.8 Å². The molecule has 0 saturated carbocycles. The smallest absolute Gasteiger partial charge is 0.306 e. The minimum atomic E-state index is -1.87. The number of ether oxygens (including phenoxy) is 13. The minimum absolute atomic E-state index is 0.0228. The Bertz CT molecular complexity index is 1790. The first-order valence-electron chi connectivity index (χ1n) is 21.3. The molecule has 0 aliphatic carbocycles. The SMILES string of the molecule is COc1cccc(COC(=O)CCCCCCC(C)C)c1OC1OC(COC(C)=O)C(OC2OC(COC(C)=O)C(OC(C)=O)C(OC(C)=O)C2OC(C)=O)C(OC(C)=O)C1OC(C)=O. The van der Waals surface area contributed by atoms with Crippen molar-refractivity contribution in [2.45, 2.75) is 169 Å². The third-order valence-corrected chi connectivity index (χ3v) is 9.70. The Morgan fingerprint density at radius 2 is 1.03 bits per heavy atom. The largest absolute Gasteiger partial charge is 0.493 e. The van der Waals surface area contributed by atoms with Gasteiger partial charge in [-0.1, -0.05) is 51.7 Å². The van der Waals surface area contributed by atoms with E-state index in [1.54, 1.807) is 12.1 Å². The van der Waals surface area contributed by atoms with E-state index in [4.69, 9.17) is 61.6 Å². The van der Waals surface area contributed by atoms with Gasteiger partial charge in [-0.2, -0.15) is 0 Å². The molecule has 0 amide bonds. The maximum absolute atomic E-state index is 12.9. The molecule has 2 saturated heterocycles. The van der Waals surface area contributed by atoms with E-state index in [0.29, 0.717) is 17.9 Å². The van der Waals surface area contributed by atoms with Crippen LogP contribution in [0, 0.1) is 5.92 Å². The van der Waals surface area contributed by atoms with Crippen molar-refractivity contribution in [3.8, 4) is 11.5 Å². The first kappa shape index (κ1) is 53.8. The van der Waals surface area contributed by atoms with Gasteiger partial charge in [-0.3, -0.25) is 38.4 Å². The second kappa shape index (κ2) is 26.4. The van der Waals surface area contributed by atoms with Crippen molar-refractivity contribution >= 4 is 47.8 Å². The lowest BCUT2D eigenvalue weighted by molar-refractivity contribution is -0.354. The Balaban J connectivity index is 2.10. The van der Waals surface area contributed by atoms with E-state index >= 15 is 0 Å². The van der Waals surface area contributed by atoms with Crippen molar-refractivity contribution in [2.75, 3.05) is 20.3 Å². The summed E-state index contributed by atoms with van der Waals surface area (Å²) in [6, 6.07) is 4.76. The Hall–Kier alpha value is -5.54. The predicted octanol–water partition coefficient (Wildman–Crippen LogP) is 3.73. The maximum Gasteiger partial charge on any atom is 0.306 e. The Kier molecular flexibility index (Phi) is 21.9. The fourth-order valence-electron chi connectivity index (χ4n) is 7.06. The molecule has 65 heavy (non-hydrogen) atoms. The van der Waals surface area contributed by atoms with Gasteiger partial charge in [0.15, 0.2) is 42.2 Å². The highest BCUT2D eigenvalue weighted by Gasteiger charge is 2.58. The summed E-state index contributed by atoms with van der Waals surface area (Å²) < 4.78 is 75.0. The molecule has 0 spiro atoms. The quantitative estimate of drug-likeness (QED) is 0.0860. The lowest BCUT2D eigenvalue weighted by atomic mass is 9.96. The zero-order valence-electron chi connectivity index (χ0n) is 38.5. The van der Waals surface area contributed by atoms with Crippen LogP contribution < -0.4 is 9.47 Å². The molecule has 2 aliphatic rings. The number of esters is 8. The normalized spacial score (nSPS) is 25.0. The van der Waals surface area contributed by atoms with Crippen LogP contribution in [0.15, 0.2) is 18.2 Å². The number of unbranched alkanes of at least 4 members (excludes halogenated alkanes) is 3. The Morgan fingerprint density at radius 1 is 0.554 bits per heavy atom. The first-order valence-corrected chi connectivity index (χ1v) is 21.3. The summed E-state index contributed by atoms with van der Waals surface area (Å²) >= 11 is 0. The summed E-state index contributed by atoms with van der Waals surface area (Å²) in [5.74, 6) is -5.89. The van der Waals surface area contributed by atoms with E-state index in [1.165, 1.54) is 13.2 Å². The van der Waals surface area contributed by atoms with Crippen LogP contribution in [0.4, 0.5) is 0 Å². The van der Waals surface area contributed by atoms with Crippen LogP contribution in [0.25, 0.3) is 0 Å². The Labute approximate surface area is 377 Å². The molecule has 0 bridgehead atoms. The molecular formula is C44H62O21. The van der Waals surface area contributed by atoms with E-state index in [0.717, 1.165) is 74.1 Å². The van der Waals surface area contributed by atoms with E-state index in [1.807, 2.05) is 0 Å². The third kappa shape index (κ3) is 17.8. The highest BCUT2D eigenvalue weighted by atomic mass is 16.8. The lowest BCUT2D eigenvalue weighted by Gasteiger charge is -2.48. The predicted molar refractivity (Wildman–Crippen MR) is 219 cm³/mol. The van der Waals surface area contributed by atoms with Crippen molar-refractivity contribution in [1.82, 2.24) is 0 Å². The second-order valence-corrected chi connectivity index (χ2v) is 15.7. The summed E-state index contributed by atoms with van der Waals surface area (Å²) in [7, 11) is 1.35. The monoisotopic (exact) mass is 926 g/mol. The van der Waals surface area contributed by atoms with Gasteiger partial charge < -0.3 is 61.6 Å². The number of carbonyl (C=O) groups excluding carboxylic acids is 8. The summed E-state index contributed by atoms with van der Waals surface area (Å²) in [5, 5.41) is 0. The number of carbonyl (C=O) groups is 8. The van der Waals surface area contributed by atoms with Gasteiger partial charge in [-0.25, -0.2) is 0 Å². The van der Waals surface area contributed by atoms with Crippen LogP contribution in [0.3, 0.4) is 0 Å². The van der Waals surface area contributed by atoms with Crippen LogP contribution >= 0.6 is 0 Å². The van der Waals surface area contributed by atoms with E-state index < -0.39 is 122 Å². The number of methoxy groups -OCH3 is 1. The molecule has 1 aromatic rings. The van der Waals surface area contributed by atoms with Crippen LogP contribution in [0.2, 0.25) is 0 Å². The molecule has 2 heterocycles. The van der Waals surface area contributed by atoms with Gasteiger partial charge in [0.05, 0.1) is 7.11 Å². The number of rotatable bonds is 23. The first-order chi connectivity index (χ1) is 30.7.